The van der Waals surface area contributed by atoms with Crippen molar-refractivity contribution in [1.29, 1.82) is 0 Å². The Morgan fingerprint density at radius 1 is 1.27 bits per heavy atom. The van der Waals surface area contributed by atoms with E-state index in [1.54, 1.807) is 12.3 Å². The van der Waals surface area contributed by atoms with Crippen molar-refractivity contribution in [3.63, 3.8) is 0 Å². The van der Waals surface area contributed by atoms with Crippen LogP contribution < -0.4 is 0 Å². The van der Waals surface area contributed by atoms with Crippen LogP contribution in [-0.2, 0) is 12.4 Å². The standard InChI is InChI=1S/C15H11BrClFN4/c1-22-5-4-19-15(22)14-20-10(8-16)7-13(21-14)11-3-2-9(18)6-12(11)17/h2-7H,8H2,1H3. The lowest BCUT2D eigenvalue weighted by molar-refractivity contribution is 0.628. The Morgan fingerprint density at radius 3 is 2.73 bits per heavy atom. The van der Waals surface area contributed by atoms with Crippen molar-refractivity contribution in [2.75, 3.05) is 0 Å². The molecule has 4 nitrogen and oxygen atoms in total. The highest BCUT2D eigenvalue weighted by Crippen LogP contribution is 2.29. The molecule has 0 aliphatic heterocycles. The third kappa shape index (κ3) is 2.89. The molecule has 0 spiro atoms. The van der Waals surface area contributed by atoms with Crippen LogP contribution >= 0.6 is 27.5 Å². The summed E-state index contributed by atoms with van der Waals surface area (Å²) in [5.74, 6) is 0.773. The average molecular weight is 382 g/mol. The van der Waals surface area contributed by atoms with E-state index in [-0.39, 0.29) is 5.82 Å². The van der Waals surface area contributed by atoms with Crippen molar-refractivity contribution in [1.82, 2.24) is 19.5 Å². The summed E-state index contributed by atoms with van der Waals surface area (Å²) in [5.41, 5.74) is 2.08. The molecule has 0 unspecified atom stereocenters. The van der Waals surface area contributed by atoms with Gasteiger partial charge in [-0.2, -0.15) is 0 Å². The van der Waals surface area contributed by atoms with Gasteiger partial charge >= 0.3 is 0 Å². The second kappa shape index (κ2) is 6.14. The summed E-state index contributed by atoms with van der Waals surface area (Å²) >= 11 is 9.53. The van der Waals surface area contributed by atoms with Gasteiger partial charge in [-0.05, 0) is 24.3 Å². The predicted octanol–water partition coefficient (Wildman–Crippen LogP) is 4.23. The number of hydrogen-bond acceptors (Lipinski definition) is 3. The molecule has 0 N–H and O–H groups in total. The zero-order valence-electron chi connectivity index (χ0n) is 11.6. The topological polar surface area (TPSA) is 43.6 Å². The molecular weight excluding hydrogens is 371 g/mol. The molecule has 0 radical (unpaired) electrons. The molecular formula is C15H11BrClFN4. The Balaban J connectivity index is 2.18. The summed E-state index contributed by atoms with van der Waals surface area (Å²) in [4.78, 5) is 13.3. The summed E-state index contributed by atoms with van der Waals surface area (Å²) in [5, 5.41) is 0.878. The van der Waals surface area contributed by atoms with Gasteiger partial charge in [-0.3, -0.25) is 0 Å². The van der Waals surface area contributed by atoms with Gasteiger partial charge in [0.2, 0.25) is 0 Å². The number of aromatic nitrogens is 4. The number of alkyl halides is 1. The van der Waals surface area contributed by atoms with Crippen LogP contribution in [0.5, 0.6) is 0 Å². The van der Waals surface area contributed by atoms with Gasteiger partial charge in [-0.25, -0.2) is 19.3 Å². The minimum atomic E-state index is -0.382. The molecule has 0 atom stereocenters. The third-order valence-electron chi connectivity index (χ3n) is 3.14. The highest BCUT2D eigenvalue weighted by molar-refractivity contribution is 9.08. The molecule has 0 saturated carbocycles. The van der Waals surface area contributed by atoms with Gasteiger partial charge in [-0.1, -0.05) is 27.5 Å². The van der Waals surface area contributed by atoms with Gasteiger partial charge in [0.05, 0.1) is 16.4 Å². The van der Waals surface area contributed by atoms with Gasteiger partial charge in [0.25, 0.3) is 0 Å². The van der Waals surface area contributed by atoms with Crippen LogP contribution in [0.3, 0.4) is 0 Å². The van der Waals surface area contributed by atoms with E-state index in [2.05, 4.69) is 30.9 Å². The van der Waals surface area contributed by atoms with Crippen molar-refractivity contribution in [3.8, 4) is 22.9 Å². The fraction of sp³-hybridized carbons (Fsp3) is 0.133. The maximum atomic E-state index is 13.2. The average Bonchev–Trinajstić information content (AvgIpc) is 2.93. The number of nitrogens with zero attached hydrogens (tertiary/aromatic N) is 4. The second-order valence-corrected chi connectivity index (χ2v) is 5.66. The fourth-order valence-electron chi connectivity index (χ4n) is 2.08. The first-order chi connectivity index (χ1) is 10.6. The van der Waals surface area contributed by atoms with Crippen molar-refractivity contribution >= 4 is 27.5 Å². The first kappa shape index (κ1) is 15.1. The fourth-order valence-corrected chi connectivity index (χ4v) is 2.63. The Morgan fingerprint density at radius 2 is 2.09 bits per heavy atom. The number of halogens is 3. The van der Waals surface area contributed by atoms with Gasteiger partial charge in [0.1, 0.15) is 5.82 Å². The van der Waals surface area contributed by atoms with E-state index in [1.165, 1.54) is 12.1 Å². The van der Waals surface area contributed by atoms with Crippen molar-refractivity contribution in [3.05, 3.63) is 53.2 Å². The van der Waals surface area contributed by atoms with Crippen LogP contribution in [0.2, 0.25) is 5.02 Å². The van der Waals surface area contributed by atoms with Crippen LogP contribution in [0.4, 0.5) is 4.39 Å². The van der Waals surface area contributed by atoms with E-state index in [1.807, 2.05) is 23.9 Å². The summed E-state index contributed by atoms with van der Waals surface area (Å²) in [6, 6.07) is 6.06. The lowest BCUT2D eigenvalue weighted by Crippen LogP contribution is -2.01. The smallest absolute Gasteiger partial charge is 0.196 e. The maximum Gasteiger partial charge on any atom is 0.196 e. The van der Waals surface area contributed by atoms with E-state index in [4.69, 9.17) is 11.6 Å². The third-order valence-corrected chi connectivity index (χ3v) is 4.03. The SMILES string of the molecule is Cn1ccnc1-c1nc(CBr)cc(-c2ccc(F)cc2Cl)n1. The minimum Gasteiger partial charge on any atom is -0.331 e. The highest BCUT2D eigenvalue weighted by Gasteiger charge is 2.13. The van der Waals surface area contributed by atoms with E-state index in [0.29, 0.717) is 33.3 Å². The van der Waals surface area contributed by atoms with Crippen molar-refractivity contribution < 1.29 is 4.39 Å². The molecule has 1 aromatic carbocycles. The number of aryl methyl sites for hydroxylation is 1. The molecule has 2 aromatic heterocycles. The minimum absolute atomic E-state index is 0.310. The molecule has 22 heavy (non-hydrogen) atoms. The predicted molar refractivity (Wildman–Crippen MR) is 87.3 cm³/mol. The molecule has 2 heterocycles. The largest absolute Gasteiger partial charge is 0.331 e. The lowest BCUT2D eigenvalue weighted by Gasteiger charge is -2.08. The first-order valence-corrected chi connectivity index (χ1v) is 7.95. The Labute approximate surface area is 140 Å². The van der Waals surface area contributed by atoms with Gasteiger partial charge < -0.3 is 4.57 Å². The number of rotatable bonds is 3. The monoisotopic (exact) mass is 380 g/mol. The summed E-state index contributed by atoms with van der Waals surface area (Å²) in [6.45, 7) is 0. The Bertz CT molecular complexity index is 834. The molecule has 3 rings (SSSR count). The van der Waals surface area contributed by atoms with Crippen molar-refractivity contribution in [2.24, 2.45) is 7.05 Å². The molecule has 0 fully saturated rings. The molecule has 0 aliphatic rings. The quantitative estimate of drug-likeness (QED) is 0.638. The van der Waals surface area contributed by atoms with Crippen LogP contribution in [0, 0.1) is 5.82 Å². The summed E-state index contributed by atoms with van der Waals surface area (Å²) < 4.78 is 15.1. The second-order valence-electron chi connectivity index (χ2n) is 4.69. The maximum absolute atomic E-state index is 13.2. The Hall–Kier alpha value is -1.79. The van der Waals surface area contributed by atoms with E-state index in [9.17, 15) is 4.39 Å². The first-order valence-electron chi connectivity index (χ1n) is 6.45. The van der Waals surface area contributed by atoms with Gasteiger partial charge in [0.15, 0.2) is 11.6 Å². The molecule has 0 amide bonds. The van der Waals surface area contributed by atoms with Crippen LogP contribution in [0.25, 0.3) is 22.9 Å². The van der Waals surface area contributed by atoms with Crippen LogP contribution in [0.15, 0.2) is 36.7 Å². The van der Waals surface area contributed by atoms with Crippen molar-refractivity contribution in [2.45, 2.75) is 5.33 Å². The molecule has 0 saturated heterocycles. The molecule has 7 heteroatoms. The Kier molecular flexibility index (Phi) is 4.22. The van der Waals surface area contributed by atoms with Crippen LogP contribution in [0.1, 0.15) is 5.69 Å². The zero-order valence-corrected chi connectivity index (χ0v) is 13.9. The number of benzene rings is 1. The molecule has 3 aromatic rings. The lowest BCUT2D eigenvalue weighted by atomic mass is 10.1. The van der Waals surface area contributed by atoms with Gasteiger partial charge in [-0.15, -0.1) is 0 Å². The zero-order chi connectivity index (χ0) is 15.7. The van der Waals surface area contributed by atoms with Gasteiger partial charge in [0, 0.05) is 30.3 Å². The normalized spacial score (nSPS) is 10.9. The summed E-state index contributed by atoms with van der Waals surface area (Å²) in [7, 11) is 1.87. The van der Waals surface area contributed by atoms with E-state index in [0.717, 1.165) is 5.69 Å². The van der Waals surface area contributed by atoms with E-state index >= 15 is 0 Å². The highest BCUT2D eigenvalue weighted by atomic mass is 79.9. The van der Waals surface area contributed by atoms with Crippen LogP contribution in [-0.4, -0.2) is 19.5 Å². The molecule has 112 valence electrons. The molecule has 0 aliphatic carbocycles. The number of hydrogen-bond donors (Lipinski definition) is 0. The van der Waals surface area contributed by atoms with E-state index < -0.39 is 0 Å². The molecule has 0 bridgehead atoms. The summed E-state index contributed by atoms with van der Waals surface area (Å²) in [6.07, 6.45) is 3.51. The number of imidazole rings is 1.